The van der Waals surface area contributed by atoms with E-state index in [2.05, 4.69) is 19.9 Å². The second kappa shape index (κ2) is 8.59. The summed E-state index contributed by atoms with van der Waals surface area (Å²) in [4.78, 5) is 48.6. The first-order valence-corrected chi connectivity index (χ1v) is 13.3. The fourth-order valence-corrected chi connectivity index (χ4v) is 8.92. The number of fused-ring (bicyclic) bond motifs is 6. The van der Waals surface area contributed by atoms with Crippen LogP contribution in [0.25, 0.3) is 0 Å². The van der Waals surface area contributed by atoms with E-state index in [0.717, 1.165) is 31.3 Å². The topological polar surface area (TPSA) is 105 Å². The van der Waals surface area contributed by atoms with Crippen LogP contribution in [0.3, 0.4) is 0 Å². The fourth-order valence-electron chi connectivity index (χ4n) is 8.92. The van der Waals surface area contributed by atoms with Crippen molar-refractivity contribution in [2.45, 2.75) is 110 Å². The third kappa shape index (κ3) is 3.77. The van der Waals surface area contributed by atoms with Gasteiger partial charge in [-0.3, -0.25) is 19.2 Å². The Kier molecular flexibility index (Phi) is 6.03. The molecule has 5 rings (SSSR count). The first-order chi connectivity index (χ1) is 16.9. The van der Waals surface area contributed by atoms with Gasteiger partial charge in [-0.1, -0.05) is 19.4 Å². The van der Waals surface area contributed by atoms with Gasteiger partial charge in [-0.05, 0) is 55.9 Å². The average molecular weight is 503 g/mol. The maximum atomic E-state index is 12.4. The van der Waals surface area contributed by atoms with Crippen molar-refractivity contribution in [3.63, 3.8) is 0 Å². The van der Waals surface area contributed by atoms with E-state index in [-0.39, 0.29) is 53.1 Å². The molecule has 9 atom stereocenters. The number of hydrogen-bond acceptors (Lipinski definition) is 8. The first-order valence-electron chi connectivity index (χ1n) is 13.3. The molecule has 4 unspecified atom stereocenters. The second-order valence-electron chi connectivity index (χ2n) is 12.1. The minimum Gasteiger partial charge on any atom is -0.462 e. The molecule has 0 aromatic carbocycles. The van der Waals surface area contributed by atoms with Gasteiger partial charge in [-0.2, -0.15) is 0 Å². The standard InChI is InChI=1S/C28H38O8/c1-15(29)33-19-6-9-26(4)18(12-19)13-21(34-16(2)30)24-20-7-10-28(11-8-23(32)36-28)27(20,5)14-22(25(24)26)35-17(3)31/h13,19-22,24-25H,6-12,14H2,1-5H3/t19?,20-,21-,22?,24+,25?,26-,27-,28?/m0/s1. The normalized spacial score (nSPS) is 45.0. The van der Waals surface area contributed by atoms with Gasteiger partial charge in [0.15, 0.2) is 0 Å². The van der Waals surface area contributed by atoms with Crippen molar-refractivity contribution in [2.75, 3.05) is 0 Å². The first kappa shape index (κ1) is 25.3. The Balaban J connectivity index is 1.61. The molecule has 8 heteroatoms. The van der Waals surface area contributed by atoms with Gasteiger partial charge < -0.3 is 18.9 Å². The zero-order valence-corrected chi connectivity index (χ0v) is 22.0. The molecule has 1 saturated heterocycles. The molecule has 4 fully saturated rings. The number of ether oxygens (including phenoxy) is 4. The Morgan fingerprint density at radius 1 is 0.944 bits per heavy atom. The molecule has 1 spiro atoms. The number of carbonyl (C=O) groups is 4. The maximum Gasteiger partial charge on any atom is 0.306 e. The summed E-state index contributed by atoms with van der Waals surface area (Å²) in [5, 5.41) is 0. The Morgan fingerprint density at radius 3 is 2.25 bits per heavy atom. The van der Waals surface area contributed by atoms with Crippen LogP contribution in [0.2, 0.25) is 0 Å². The Morgan fingerprint density at radius 2 is 1.64 bits per heavy atom. The number of hydrogen-bond donors (Lipinski definition) is 0. The van der Waals surface area contributed by atoms with Crippen LogP contribution < -0.4 is 0 Å². The molecular weight excluding hydrogens is 464 g/mol. The molecule has 0 aromatic heterocycles. The van der Waals surface area contributed by atoms with Crippen LogP contribution in [0.15, 0.2) is 11.6 Å². The molecule has 0 aromatic rings. The number of carbonyl (C=O) groups excluding carboxylic acids is 4. The Labute approximate surface area is 212 Å². The molecule has 4 aliphatic carbocycles. The third-order valence-corrected chi connectivity index (χ3v) is 10.3. The van der Waals surface area contributed by atoms with Gasteiger partial charge in [0.2, 0.25) is 0 Å². The Bertz CT molecular complexity index is 1020. The lowest BCUT2D eigenvalue weighted by molar-refractivity contribution is -0.209. The lowest BCUT2D eigenvalue weighted by Crippen LogP contribution is -2.63. The molecule has 0 amide bonds. The van der Waals surface area contributed by atoms with Crippen LogP contribution >= 0.6 is 0 Å². The molecule has 36 heavy (non-hydrogen) atoms. The molecular formula is C28H38O8. The summed E-state index contributed by atoms with van der Waals surface area (Å²) in [6.07, 6.45) is 6.38. The zero-order valence-electron chi connectivity index (χ0n) is 22.0. The third-order valence-electron chi connectivity index (χ3n) is 10.3. The molecule has 198 valence electrons. The zero-order chi connectivity index (χ0) is 26.0. The van der Waals surface area contributed by atoms with Crippen LogP contribution in [0.5, 0.6) is 0 Å². The Hall–Kier alpha value is -2.38. The predicted octanol–water partition coefficient (Wildman–Crippen LogP) is 4.04. The molecule has 1 aliphatic heterocycles. The van der Waals surface area contributed by atoms with Crippen LogP contribution in [0.4, 0.5) is 0 Å². The molecule has 0 radical (unpaired) electrons. The maximum absolute atomic E-state index is 12.4. The van der Waals surface area contributed by atoms with Gasteiger partial charge in [-0.15, -0.1) is 0 Å². The highest BCUT2D eigenvalue weighted by Gasteiger charge is 2.71. The summed E-state index contributed by atoms with van der Waals surface area (Å²) in [6, 6.07) is 0. The van der Waals surface area contributed by atoms with Gasteiger partial charge in [0.1, 0.15) is 23.9 Å². The van der Waals surface area contributed by atoms with Crippen LogP contribution in [0, 0.1) is 28.6 Å². The summed E-state index contributed by atoms with van der Waals surface area (Å²) in [5.74, 6) is -1.16. The highest BCUT2D eigenvalue weighted by Crippen LogP contribution is 2.70. The fraction of sp³-hybridized carbons (Fsp3) is 0.786. The number of esters is 4. The van der Waals surface area contributed by atoms with E-state index in [9.17, 15) is 19.2 Å². The molecule has 0 bridgehead atoms. The molecule has 8 nitrogen and oxygen atoms in total. The van der Waals surface area contributed by atoms with Crippen molar-refractivity contribution in [3.8, 4) is 0 Å². The van der Waals surface area contributed by atoms with Gasteiger partial charge >= 0.3 is 23.9 Å². The molecule has 5 aliphatic rings. The monoisotopic (exact) mass is 502 g/mol. The van der Waals surface area contributed by atoms with Gasteiger partial charge in [0.05, 0.1) is 0 Å². The largest absolute Gasteiger partial charge is 0.462 e. The highest BCUT2D eigenvalue weighted by atomic mass is 16.6. The van der Waals surface area contributed by atoms with E-state index in [1.165, 1.54) is 20.8 Å². The lowest BCUT2D eigenvalue weighted by Gasteiger charge is -2.62. The van der Waals surface area contributed by atoms with Crippen molar-refractivity contribution < 1.29 is 38.1 Å². The minimum atomic E-state index is -0.573. The summed E-state index contributed by atoms with van der Waals surface area (Å²) in [7, 11) is 0. The summed E-state index contributed by atoms with van der Waals surface area (Å²) < 4.78 is 23.7. The summed E-state index contributed by atoms with van der Waals surface area (Å²) in [6.45, 7) is 8.69. The van der Waals surface area contributed by atoms with E-state index in [0.29, 0.717) is 25.7 Å². The van der Waals surface area contributed by atoms with Gasteiger partial charge in [0, 0.05) is 50.9 Å². The highest BCUT2D eigenvalue weighted by molar-refractivity contribution is 5.72. The molecule has 0 N–H and O–H groups in total. The average Bonchev–Trinajstić information content (AvgIpc) is 3.27. The predicted molar refractivity (Wildman–Crippen MR) is 127 cm³/mol. The van der Waals surface area contributed by atoms with Gasteiger partial charge in [0.25, 0.3) is 0 Å². The van der Waals surface area contributed by atoms with Crippen LogP contribution in [0.1, 0.15) is 86.0 Å². The lowest BCUT2D eigenvalue weighted by atomic mass is 9.45. The van der Waals surface area contributed by atoms with Crippen molar-refractivity contribution in [1.29, 1.82) is 0 Å². The quantitative estimate of drug-likeness (QED) is 0.323. The summed E-state index contributed by atoms with van der Waals surface area (Å²) >= 11 is 0. The van der Waals surface area contributed by atoms with Gasteiger partial charge in [-0.25, -0.2) is 0 Å². The van der Waals surface area contributed by atoms with E-state index in [1.807, 2.05) is 0 Å². The SMILES string of the molecule is CC(=O)OC1CC[C@@]2(C)C(=C[C@H](OC(C)=O)[C@@H]3C2C(OC(C)=O)C[C@@]2(C)[C@H]3CCC23CCC(=O)O3)C1. The molecule has 3 saturated carbocycles. The van der Waals surface area contributed by atoms with E-state index in [4.69, 9.17) is 18.9 Å². The van der Waals surface area contributed by atoms with E-state index < -0.39 is 23.2 Å². The van der Waals surface area contributed by atoms with E-state index >= 15 is 0 Å². The summed E-state index contributed by atoms with van der Waals surface area (Å²) in [5.41, 5.74) is -0.151. The van der Waals surface area contributed by atoms with Crippen molar-refractivity contribution in [1.82, 2.24) is 0 Å². The van der Waals surface area contributed by atoms with Crippen molar-refractivity contribution >= 4 is 23.9 Å². The minimum absolute atomic E-state index is 0.0608. The van der Waals surface area contributed by atoms with Crippen LogP contribution in [-0.4, -0.2) is 47.8 Å². The van der Waals surface area contributed by atoms with Crippen LogP contribution in [-0.2, 0) is 38.1 Å². The number of rotatable bonds is 3. The molecule has 1 heterocycles. The second-order valence-corrected chi connectivity index (χ2v) is 12.1. The van der Waals surface area contributed by atoms with E-state index in [1.54, 1.807) is 0 Å². The smallest absolute Gasteiger partial charge is 0.306 e. The van der Waals surface area contributed by atoms with Crippen molar-refractivity contribution in [2.24, 2.45) is 28.6 Å². The van der Waals surface area contributed by atoms with Crippen molar-refractivity contribution in [3.05, 3.63) is 11.6 Å².